The Balaban J connectivity index is -0.0000000840. The van der Waals surface area contributed by atoms with Crippen LogP contribution in [-0.2, 0) is 28.1 Å². The number of hydrogen-bond acceptors (Lipinski definition) is 0. The molecule has 0 fully saturated rings. The molecule has 0 radical (unpaired) electrons. The zero-order valence-corrected chi connectivity index (χ0v) is 14.6. The molecule has 0 unspecified atom stereocenters. The Morgan fingerprint density at radius 3 is 1.28 bits per heavy atom. The first kappa shape index (κ1) is 26.5. The van der Waals surface area contributed by atoms with Crippen LogP contribution in [0.2, 0.25) is 0 Å². The van der Waals surface area contributed by atoms with Crippen LogP contribution in [-0.4, -0.2) is 42.3 Å². The molecule has 0 saturated carbocycles. The van der Waals surface area contributed by atoms with Crippen LogP contribution in [0.4, 0.5) is 0 Å². The fraction of sp³-hybridized carbons (Fsp3) is 0.643. The largest absolute Gasteiger partial charge is 4.00 e. The molecule has 0 aliphatic heterocycles. The van der Waals surface area contributed by atoms with E-state index in [1.807, 2.05) is 0 Å². The van der Waals surface area contributed by atoms with Crippen molar-refractivity contribution in [2.75, 3.05) is 42.3 Å². The summed E-state index contributed by atoms with van der Waals surface area (Å²) < 4.78 is 0. The standard InChI is InChI=1S/C8H11.3C2H6N.Ti/c1-2-5-8-6-3-4-7-8;3*1-3-2;/h3-4,6-7H,2,5H2,1H3;3*1-2H3;/q4*-1;+4. The van der Waals surface area contributed by atoms with Gasteiger partial charge in [-0.25, -0.2) is 12.1 Å². The molecule has 0 atom stereocenters. The molecule has 0 saturated heterocycles. The molecule has 0 spiro atoms. The molecule has 0 bridgehead atoms. The predicted octanol–water partition coefficient (Wildman–Crippen LogP) is 4.21. The summed E-state index contributed by atoms with van der Waals surface area (Å²) in [6.07, 6.45) is 2.48. The molecule has 0 N–H and O–H groups in total. The van der Waals surface area contributed by atoms with Crippen LogP contribution in [0, 0.1) is 0 Å². The molecular weight excluding hydrogens is 258 g/mol. The minimum atomic E-state index is 0. The van der Waals surface area contributed by atoms with Crippen molar-refractivity contribution in [1.82, 2.24) is 0 Å². The van der Waals surface area contributed by atoms with Crippen LogP contribution in [0.3, 0.4) is 0 Å². The van der Waals surface area contributed by atoms with Crippen LogP contribution in [0.1, 0.15) is 18.9 Å². The Kier molecular flexibility index (Phi) is 44.4. The average Bonchev–Trinajstić information content (AvgIpc) is 2.75. The summed E-state index contributed by atoms with van der Waals surface area (Å²) in [4.78, 5) is 0. The van der Waals surface area contributed by atoms with Gasteiger partial charge in [0, 0.05) is 0 Å². The van der Waals surface area contributed by atoms with Crippen molar-refractivity contribution in [2.24, 2.45) is 0 Å². The molecule has 1 aromatic carbocycles. The van der Waals surface area contributed by atoms with E-state index in [1.54, 1.807) is 42.3 Å². The summed E-state index contributed by atoms with van der Waals surface area (Å²) in [7, 11) is 10.5. The van der Waals surface area contributed by atoms with Crippen LogP contribution < -0.4 is 0 Å². The van der Waals surface area contributed by atoms with E-state index in [1.165, 1.54) is 18.4 Å². The van der Waals surface area contributed by atoms with Crippen molar-refractivity contribution in [1.29, 1.82) is 0 Å². The fourth-order valence-corrected chi connectivity index (χ4v) is 0.869. The van der Waals surface area contributed by atoms with Gasteiger partial charge in [0.05, 0.1) is 0 Å². The Morgan fingerprint density at radius 1 is 0.778 bits per heavy atom. The summed E-state index contributed by atoms with van der Waals surface area (Å²) in [6.45, 7) is 2.20. The van der Waals surface area contributed by atoms with E-state index in [0.717, 1.165) is 0 Å². The third kappa shape index (κ3) is 36.0. The van der Waals surface area contributed by atoms with Crippen LogP contribution >= 0.6 is 0 Å². The summed E-state index contributed by atoms with van der Waals surface area (Å²) in [5.74, 6) is 0. The molecule has 0 heterocycles. The van der Waals surface area contributed by atoms with Crippen molar-refractivity contribution >= 4 is 0 Å². The third-order valence-corrected chi connectivity index (χ3v) is 1.27. The first-order valence-electron chi connectivity index (χ1n) is 5.82. The van der Waals surface area contributed by atoms with Gasteiger partial charge in [-0.1, -0.05) is 19.8 Å². The van der Waals surface area contributed by atoms with E-state index >= 15 is 0 Å². The van der Waals surface area contributed by atoms with Crippen LogP contribution in [0.25, 0.3) is 16.0 Å². The third-order valence-electron chi connectivity index (χ3n) is 1.27. The van der Waals surface area contributed by atoms with Gasteiger partial charge in [0.2, 0.25) is 0 Å². The maximum Gasteiger partial charge on any atom is 4.00 e. The van der Waals surface area contributed by atoms with Crippen molar-refractivity contribution in [3.8, 4) is 0 Å². The Morgan fingerprint density at radius 2 is 1.06 bits per heavy atom. The van der Waals surface area contributed by atoms with Crippen molar-refractivity contribution < 1.29 is 21.7 Å². The quantitative estimate of drug-likeness (QED) is 0.577. The summed E-state index contributed by atoms with van der Waals surface area (Å²) in [5.41, 5.74) is 1.47. The smallest absolute Gasteiger partial charge is 0.668 e. The molecule has 0 aliphatic carbocycles. The number of nitrogens with zero attached hydrogens (tertiary/aromatic N) is 3. The van der Waals surface area contributed by atoms with Gasteiger partial charge in [0.25, 0.3) is 0 Å². The Hall–Kier alpha value is -0.0557. The molecule has 104 valence electrons. The van der Waals surface area contributed by atoms with Crippen LogP contribution in [0.5, 0.6) is 0 Å². The van der Waals surface area contributed by atoms with Gasteiger partial charge in [-0.2, -0.15) is 60.0 Å². The second-order valence-electron chi connectivity index (χ2n) is 3.38. The van der Waals surface area contributed by atoms with Crippen molar-refractivity contribution in [3.05, 3.63) is 45.8 Å². The van der Waals surface area contributed by atoms with Gasteiger partial charge in [0.1, 0.15) is 0 Å². The van der Waals surface area contributed by atoms with Crippen LogP contribution in [0.15, 0.2) is 24.3 Å². The van der Waals surface area contributed by atoms with Gasteiger partial charge in [-0.3, -0.25) is 0 Å². The number of aryl methyl sites for hydroxylation is 1. The molecular formula is C14H29N3Ti. The van der Waals surface area contributed by atoms with E-state index in [0.29, 0.717) is 0 Å². The maximum absolute atomic E-state index is 3.50. The second-order valence-corrected chi connectivity index (χ2v) is 3.38. The maximum atomic E-state index is 3.50. The molecule has 0 amide bonds. The molecule has 0 aromatic heterocycles. The van der Waals surface area contributed by atoms with Gasteiger partial charge >= 0.3 is 21.7 Å². The van der Waals surface area contributed by atoms with E-state index in [-0.39, 0.29) is 21.7 Å². The average molecular weight is 287 g/mol. The molecule has 4 heteroatoms. The predicted molar refractivity (Wildman–Crippen MR) is 81.7 cm³/mol. The molecule has 18 heavy (non-hydrogen) atoms. The summed E-state index contributed by atoms with van der Waals surface area (Å²) in [6, 6.07) is 8.52. The van der Waals surface area contributed by atoms with Gasteiger partial charge in [-0.15, -0.1) is 0 Å². The van der Waals surface area contributed by atoms with Gasteiger partial charge in [0.15, 0.2) is 0 Å². The number of hydrogen-bond donors (Lipinski definition) is 0. The monoisotopic (exact) mass is 287 g/mol. The Labute approximate surface area is 129 Å². The van der Waals surface area contributed by atoms with Crippen molar-refractivity contribution in [2.45, 2.75) is 19.8 Å². The number of rotatable bonds is 2. The van der Waals surface area contributed by atoms with Gasteiger partial charge < -0.3 is 16.0 Å². The molecule has 1 rings (SSSR count). The normalized spacial score (nSPS) is 7.28. The van der Waals surface area contributed by atoms with Gasteiger partial charge in [-0.05, 0) is 0 Å². The Bertz CT molecular complexity index is 172. The molecule has 3 nitrogen and oxygen atoms in total. The first-order chi connectivity index (χ1) is 8.17. The molecule has 0 aliphatic rings. The fourth-order valence-electron chi connectivity index (χ4n) is 0.869. The van der Waals surface area contributed by atoms with E-state index in [4.69, 9.17) is 0 Å². The summed E-state index contributed by atoms with van der Waals surface area (Å²) in [5, 5.41) is 10.5. The second kappa shape index (κ2) is 30.2. The van der Waals surface area contributed by atoms with E-state index < -0.39 is 0 Å². The zero-order valence-electron chi connectivity index (χ0n) is 13.1. The minimum absolute atomic E-state index is 0. The van der Waals surface area contributed by atoms with E-state index in [2.05, 4.69) is 47.1 Å². The SMILES string of the molecule is CCC[c-]1cccc1.C[N-]C.C[N-]C.C[N-]C.[Ti+4]. The first-order valence-corrected chi connectivity index (χ1v) is 5.82. The van der Waals surface area contributed by atoms with E-state index in [9.17, 15) is 0 Å². The van der Waals surface area contributed by atoms with Crippen molar-refractivity contribution in [3.63, 3.8) is 0 Å². The minimum Gasteiger partial charge on any atom is -0.668 e. The topological polar surface area (TPSA) is 42.3 Å². The molecule has 1 aromatic rings. The summed E-state index contributed by atoms with van der Waals surface area (Å²) >= 11 is 0. The zero-order chi connectivity index (χ0) is 13.9.